The van der Waals surface area contributed by atoms with Crippen molar-refractivity contribution < 1.29 is 9.53 Å². The quantitative estimate of drug-likeness (QED) is 0.710. The Morgan fingerprint density at radius 1 is 1.41 bits per heavy atom. The van der Waals surface area contributed by atoms with Crippen LogP contribution in [-0.4, -0.2) is 30.6 Å². The minimum absolute atomic E-state index is 0.205. The van der Waals surface area contributed by atoms with Crippen molar-refractivity contribution in [3.63, 3.8) is 0 Å². The molecule has 17 heavy (non-hydrogen) atoms. The van der Waals surface area contributed by atoms with Crippen LogP contribution in [0.5, 0.6) is 0 Å². The number of carbonyl (C=O) groups is 1. The Bertz CT molecular complexity index is 349. The van der Waals surface area contributed by atoms with Gasteiger partial charge in [-0.25, -0.2) is 4.98 Å². The third kappa shape index (κ3) is 4.43. The fourth-order valence-electron chi connectivity index (χ4n) is 1.55. The van der Waals surface area contributed by atoms with E-state index in [9.17, 15) is 4.79 Å². The number of pyridine rings is 1. The molecule has 0 spiro atoms. The molecule has 0 N–H and O–H groups in total. The van der Waals surface area contributed by atoms with Crippen molar-refractivity contribution in [2.75, 3.05) is 24.6 Å². The second kappa shape index (κ2) is 6.89. The van der Waals surface area contributed by atoms with Gasteiger partial charge in [-0.1, -0.05) is 13.0 Å². The Balaban J connectivity index is 2.71. The van der Waals surface area contributed by atoms with E-state index >= 15 is 0 Å². The number of nitrogens with zero attached hydrogens (tertiary/aromatic N) is 2. The zero-order valence-electron chi connectivity index (χ0n) is 10.8. The maximum atomic E-state index is 11.5. The molecule has 0 aromatic carbocycles. The Kier molecular flexibility index (Phi) is 5.46. The third-order valence-corrected chi connectivity index (χ3v) is 2.34. The number of ether oxygens (including phenoxy) is 1. The van der Waals surface area contributed by atoms with Crippen LogP contribution in [0, 0.1) is 6.92 Å². The largest absolute Gasteiger partial charge is 0.465 e. The van der Waals surface area contributed by atoms with Crippen molar-refractivity contribution in [1.82, 2.24) is 4.98 Å². The predicted molar refractivity (Wildman–Crippen MR) is 68.1 cm³/mol. The van der Waals surface area contributed by atoms with Crippen molar-refractivity contribution >= 4 is 11.8 Å². The summed E-state index contributed by atoms with van der Waals surface area (Å²) in [5, 5.41) is 0. The number of aryl methyl sites for hydroxylation is 1. The molecular formula is C13H20N2O2. The van der Waals surface area contributed by atoms with Gasteiger partial charge < -0.3 is 9.64 Å². The van der Waals surface area contributed by atoms with Gasteiger partial charge in [-0.2, -0.15) is 0 Å². The van der Waals surface area contributed by atoms with Gasteiger partial charge in [0, 0.05) is 12.7 Å². The molecule has 0 saturated carbocycles. The first-order chi connectivity index (χ1) is 8.17. The molecule has 94 valence electrons. The molecule has 1 aromatic rings. The van der Waals surface area contributed by atoms with Gasteiger partial charge >= 0.3 is 5.97 Å². The van der Waals surface area contributed by atoms with Gasteiger partial charge in [0.2, 0.25) is 0 Å². The molecule has 0 aliphatic rings. The van der Waals surface area contributed by atoms with E-state index in [0.29, 0.717) is 6.61 Å². The highest BCUT2D eigenvalue weighted by molar-refractivity contribution is 5.75. The normalized spacial score (nSPS) is 10.1. The minimum Gasteiger partial charge on any atom is -0.465 e. The molecule has 0 saturated heterocycles. The minimum atomic E-state index is -0.205. The number of hydrogen-bond acceptors (Lipinski definition) is 4. The summed E-state index contributed by atoms with van der Waals surface area (Å²) in [5.74, 6) is 0.619. The van der Waals surface area contributed by atoms with E-state index in [-0.39, 0.29) is 12.5 Å². The molecule has 0 fully saturated rings. The zero-order chi connectivity index (χ0) is 12.7. The first-order valence-corrected chi connectivity index (χ1v) is 6.00. The number of aromatic nitrogens is 1. The van der Waals surface area contributed by atoms with E-state index in [1.165, 1.54) is 0 Å². The van der Waals surface area contributed by atoms with Gasteiger partial charge in [0.25, 0.3) is 0 Å². The second-order valence-electron chi connectivity index (χ2n) is 3.92. The lowest BCUT2D eigenvalue weighted by atomic mass is 10.3. The Morgan fingerprint density at radius 2 is 2.18 bits per heavy atom. The molecule has 0 unspecified atom stereocenters. The first-order valence-electron chi connectivity index (χ1n) is 6.00. The molecule has 4 nitrogen and oxygen atoms in total. The topological polar surface area (TPSA) is 42.4 Å². The lowest BCUT2D eigenvalue weighted by Crippen LogP contribution is -2.32. The highest BCUT2D eigenvalue weighted by atomic mass is 16.5. The smallest absolute Gasteiger partial charge is 0.325 e. The number of hydrogen-bond donors (Lipinski definition) is 0. The van der Waals surface area contributed by atoms with E-state index in [0.717, 1.165) is 24.3 Å². The zero-order valence-corrected chi connectivity index (χ0v) is 10.8. The number of rotatable bonds is 6. The molecule has 0 bridgehead atoms. The summed E-state index contributed by atoms with van der Waals surface area (Å²) in [6.45, 7) is 7.36. The van der Waals surface area contributed by atoms with E-state index in [2.05, 4.69) is 11.9 Å². The molecule has 0 aliphatic heterocycles. The first kappa shape index (κ1) is 13.5. The maximum Gasteiger partial charge on any atom is 0.325 e. The number of esters is 1. The van der Waals surface area contributed by atoms with E-state index in [1.807, 2.05) is 37.1 Å². The average Bonchev–Trinajstić information content (AvgIpc) is 2.30. The van der Waals surface area contributed by atoms with E-state index < -0.39 is 0 Å². The second-order valence-corrected chi connectivity index (χ2v) is 3.92. The van der Waals surface area contributed by atoms with E-state index in [4.69, 9.17) is 4.74 Å². The van der Waals surface area contributed by atoms with Gasteiger partial charge in [0.15, 0.2) is 0 Å². The van der Waals surface area contributed by atoms with Crippen LogP contribution in [0.4, 0.5) is 5.82 Å². The molecule has 0 radical (unpaired) electrons. The van der Waals surface area contributed by atoms with Crippen molar-refractivity contribution in [2.24, 2.45) is 0 Å². The van der Waals surface area contributed by atoms with Crippen LogP contribution in [-0.2, 0) is 9.53 Å². The van der Waals surface area contributed by atoms with Crippen LogP contribution in [0.15, 0.2) is 18.3 Å². The average molecular weight is 236 g/mol. The fraction of sp³-hybridized carbons (Fsp3) is 0.538. The van der Waals surface area contributed by atoms with Crippen LogP contribution < -0.4 is 4.90 Å². The van der Waals surface area contributed by atoms with Gasteiger partial charge in [-0.3, -0.25) is 4.79 Å². The Hall–Kier alpha value is -1.58. The van der Waals surface area contributed by atoms with E-state index in [1.54, 1.807) is 0 Å². The molecule has 0 amide bonds. The SMILES string of the molecule is CCCN(CC(=O)OCC)c1ccc(C)cn1. The third-order valence-electron chi connectivity index (χ3n) is 2.34. The van der Waals surface area contributed by atoms with Crippen molar-refractivity contribution in [1.29, 1.82) is 0 Å². The van der Waals surface area contributed by atoms with Crippen LogP contribution >= 0.6 is 0 Å². The Morgan fingerprint density at radius 3 is 2.71 bits per heavy atom. The fourth-order valence-corrected chi connectivity index (χ4v) is 1.55. The van der Waals surface area contributed by atoms with Gasteiger partial charge in [0.05, 0.1) is 6.61 Å². The van der Waals surface area contributed by atoms with Crippen LogP contribution in [0.25, 0.3) is 0 Å². The van der Waals surface area contributed by atoms with Gasteiger partial charge in [-0.05, 0) is 31.9 Å². The Labute approximate surface area is 103 Å². The van der Waals surface area contributed by atoms with Crippen LogP contribution in [0.2, 0.25) is 0 Å². The molecule has 1 rings (SSSR count). The number of anilines is 1. The van der Waals surface area contributed by atoms with Gasteiger partial charge in [0.1, 0.15) is 12.4 Å². The summed E-state index contributed by atoms with van der Waals surface area (Å²) in [6, 6.07) is 3.93. The molecule has 1 heterocycles. The van der Waals surface area contributed by atoms with Crippen LogP contribution in [0.1, 0.15) is 25.8 Å². The summed E-state index contributed by atoms with van der Waals surface area (Å²) >= 11 is 0. The van der Waals surface area contributed by atoms with Crippen molar-refractivity contribution in [3.05, 3.63) is 23.9 Å². The van der Waals surface area contributed by atoms with Crippen molar-refractivity contribution in [2.45, 2.75) is 27.2 Å². The lowest BCUT2D eigenvalue weighted by Gasteiger charge is -2.21. The summed E-state index contributed by atoms with van der Waals surface area (Å²) in [7, 11) is 0. The summed E-state index contributed by atoms with van der Waals surface area (Å²) < 4.78 is 4.96. The lowest BCUT2D eigenvalue weighted by molar-refractivity contribution is -0.141. The molecule has 1 aromatic heterocycles. The summed E-state index contributed by atoms with van der Waals surface area (Å²) in [4.78, 5) is 17.7. The monoisotopic (exact) mass is 236 g/mol. The summed E-state index contributed by atoms with van der Waals surface area (Å²) in [5.41, 5.74) is 1.11. The highest BCUT2D eigenvalue weighted by Gasteiger charge is 2.12. The molecule has 0 aliphatic carbocycles. The number of carbonyl (C=O) groups excluding carboxylic acids is 1. The molecule has 4 heteroatoms. The van der Waals surface area contributed by atoms with Crippen molar-refractivity contribution in [3.8, 4) is 0 Å². The van der Waals surface area contributed by atoms with Crippen LogP contribution in [0.3, 0.4) is 0 Å². The standard InChI is InChI=1S/C13H20N2O2/c1-4-8-15(10-13(16)17-5-2)12-7-6-11(3)9-14-12/h6-7,9H,4-5,8,10H2,1-3H3. The highest BCUT2D eigenvalue weighted by Crippen LogP contribution is 2.11. The maximum absolute atomic E-state index is 11.5. The predicted octanol–water partition coefficient (Wildman–Crippen LogP) is 2.17. The molecular weight excluding hydrogens is 216 g/mol. The summed E-state index contributed by atoms with van der Waals surface area (Å²) in [6.07, 6.45) is 2.78. The molecule has 0 atom stereocenters. The van der Waals surface area contributed by atoms with Gasteiger partial charge in [-0.15, -0.1) is 0 Å².